The molecule has 4 aromatic rings. The molecule has 8 heteroatoms. The summed E-state index contributed by atoms with van der Waals surface area (Å²) in [4.78, 5) is 16.4. The fourth-order valence-corrected chi connectivity index (χ4v) is 2.75. The topological polar surface area (TPSA) is 97.0 Å². The molecule has 0 fully saturated rings. The third kappa shape index (κ3) is 3.80. The van der Waals surface area contributed by atoms with Crippen LogP contribution in [0.2, 0.25) is 0 Å². The average molecular weight is 376 g/mol. The Labute approximate surface area is 162 Å². The van der Waals surface area contributed by atoms with Crippen molar-refractivity contribution in [2.75, 3.05) is 24.9 Å². The van der Waals surface area contributed by atoms with E-state index < -0.39 is 0 Å². The van der Waals surface area contributed by atoms with Gasteiger partial charge in [-0.3, -0.25) is 0 Å². The van der Waals surface area contributed by atoms with Crippen molar-refractivity contribution in [3.05, 3.63) is 60.4 Å². The van der Waals surface area contributed by atoms with Crippen molar-refractivity contribution < 1.29 is 9.47 Å². The van der Waals surface area contributed by atoms with Crippen molar-refractivity contribution in [2.24, 2.45) is 0 Å². The molecule has 2 aromatic heterocycles. The predicted molar refractivity (Wildman–Crippen MR) is 108 cm³/mol. The zero-order valence-electron chi connectivity index (χ0n) is 15.6. The SMILES string of the molecule is COc1ccc(CNc2nc(Nc3ccc(OC)cc3)nc3nc[nH]c23)cc1. The summed E-state index contributed by atoms with van der Waals surface area (Å²) in [6.07, 6.45) is 1.61. The summed E-state index contributed by atoms with van der Waals surface area (Å²) >= 11 is 0. The number of aromatic nitrogens is 4. The lowest BCUT2D eigenvalue weighted by atomic mass is 10.2. The number of hydrogen-bond acceptors (Lipinski definition) is 7. The molecule has 0 bridgehead atoms. The first kappa shape index (κ1) is 17.6. The van der Waals surface area contributed by atoms with Gasteiger partial charge in [0, 0.05) is 12.2 Å². The third-order valence-corrected chi connectivity index (χ3v) is 4.25. The Kier molecular flexibility index (Phi) is 4.92. The lowest BCUT2D eigenvalue weighted by Crippen LogP contribution is -2.05. The van der Waals surface area contributed by atoms with Crippen LogP contribution in [0.5, 0.6) is 11.5 Å². The molecule has 0 radical (unpaired) electrons. The molecule has 2 aromatic carbocycles. The van der Waals surface area contributed by atoms with E-state index >= 15 is 0 Å². The Bertz CT molecular complexity index is 1060. The van der Waals surface area contributed by atoms with Gasteiger partial charge in [-0.05, 0) is 42.0 Å². The van der Waals surface area contributed by atoms with Crippen LogP contribution < -0.4 is 20.1 Å². The molecule has 2 heterocycles. The second-order valence-electron chi connectivity index (χ2n) is 6.05. The van der Waals surface area contributed by atoms with Crippen LogP contribution in [0.15, 0.2) is 54.9 Å². The Balaban J connectivity index is 1.55. The number of benzene rings is 2. The minimum Gasteiger partial charge on any atom is -0.497 e. The highest BCUT2D eigenvalue weighted by Crippen LogP contribution is 2.23. The largest absolute Gasteiger partial charge is 0.497 e. The molecule has 8 nitrogen and oxygen atoms in total. The molecule has 0 aliphatic rings. The lowest BCUT2D eigenvalue weighted by molar-refractivity contribution is 0.414. The van der Waals surface area contributed by atoms with Gasteiger partial charge < -0.3 is 25.1 Å². The summed E-state index contributed by atoms with van der Waals surface area (Å²) < 4.78 is 10.4. The first-order chi connectivity index (χ1) is 13.7. The Morgan fingerprint density at radius 3 is 2.25 bits per heavy atom. The zero-order chi connectivity index (χ0) is 19.3. The van der Waals surface area contributed by atoms with E-state index in [4.69, 9.17) is 9.47 Å². The van der Waals surface area contributed by atoms with E-state index in [0.29, 0.717) is 24.0 Å². The molecule has 0 aliphatic carbocycles. The fourth-order valence-electron chi connectivity index (χ4n) is 2.75. The average Bonchev–Trinajstić information content (AvgIpc) is 3.22. The highest BCUT2D eigenvalue weighted by Gasteiger charge is 2.10. The molecule has 0 aliphatic heterocycles. The second kappa shape index (κ2) is 7.83. The number of rotatable bonds is 7. The monoisotopic (exact) mass is 376 g/mol. The Hall–Kier alpha value is -3.81. The van der Waals surface area contributed by atoms with E-state index in [9.17, 15) is 0 Å². The minimum absolute atomic E-state index is 0.460. The summed E-state index contributed by atoms with van der Waals surface area (Å²) in [5.41, 5.74) is 3.31. The van der Waals surface area contributed by atoms with Gasteiger partial charge in [-0.25, -0.2) is 4.98 Å². The second-order valence-corrected chi connectivity index (χ2v) is 6.05. The summed E-state index contributed by atoms with van der Waals surface area (Å²) in [6.45, 7) is 0.608. The fraction of sp³-hybridized carbons (Fsp3) is 0.150. The Morgan fingerprint density at radius 2 is 1.57 bits per heavy atom. The quantitative estimate of drug-likeness (QED) is 0.452. The van der Waals surface area contributed by atoms with E-state index in [1.807, 2.05) is 48.5 Å². The minimum atomic E-state index is 0.460. The van der Waals surface area contributed by atoms with E-state index in [1.165, 1.54) is 0 Å². The van der Waals surface area contributed by atoms with Crippen LogP contribution >= 0.6 is 0 Å². The van der Waals surface area contributed by atoms with Crippen LogP contribution in [0.3, 0.4) is 0 Å². The van der Waals surface area contributed by atoms with E-state index in [0.717, 1.165) is 28.3 Å². The third-order valence-electron chi connectivity index (χ3n) is 4.25. The molecule has 0 amide bonds. The van der Waals surface area contributed by atoms with Gasteiger partial charge in [0.2, 0.25) is 5.95 Å². The van der Waals surface area contributed by atoms with E-state index in [-0.39, 0.29) is 0 Å². The van der Waals surface area contributed by atoms with Gasteiger partial charge in [-0.15, -0.1) is 0 Å². The van der Waals surface area contributed by atoms with Crippen LogP contribution in [-0.2, 0) is 6.54 Å². The number of H-pyrrole nitrogens is 1. The van der Waals surface area contributed by atoms with E-state index in [1.54, 1.807) is 20.5 Å². The summed E-state index contributed by atoms with van der Waals surface area (Å²) in [7, 11) is 3.29. The molecule has 0 unspecified atom stereocenters. The maximum absolute atomic E-state index is 5.20. The van der Waals surface area contributed by atoms with Gasteiger partial charge in [0.25, 0.3) is 0 Å². The van der Waals surface area contributed by atoms with Gasteiger partial charge in [-0.2, -0.15) is 9.97 Å². The van der Waals surface area contributed by atoms with Gasteiger partial charge >= 0.3 is 0 Å². The van der Waals surface area contributed by atoms with Crippen LogP contribution in [0.1, 0.15) is 5.56 Å². The summed E-state index contributed by atoms with van der Waals surface area (Å²) in [5.74, 6) is 2.75. The lowest BCUT2D eigenvalue weighted by Gasteiger charge is -2.10. The smallest absolute Gasteiger partial charge is 0.231 e. The number of aromatic amines is 1. The van der Waals surface area contributed by atoms with Crippen LogP contribution in [0.25, 0.3) is 11.2 Å². The first-order valence-electron chi connectivity index (χ1n) is 8.74. The molecule has 0 spiro atoms. The first-order valence-corrected chi connectivity index (χ1v) is 8.74. The van der Waals surface area contributed by atoms with Gasteiger partial charge in [0.05, 0.1) is 20.5 Å². The summed E-state index contributed by atoms with van der Waals surface area (Å²) in [6, 6.07) is 15.4. The molecule has 3 N–H and O–H groups in total. The number of nitrogens with zero attached hydrogens (tertiary/aromatic N) is 3. The highest BCUT2D eigenvalue weighted by atomic mass is 16.5. The molecule has 28 heavy (non-hydrogen) atoms. The summed E-state index contributed by atoms with van der Waals surface area (Å²) in [5, 5.41) is 6.55. The molecule has 0 atom stereocenters. The molecule has 4 rings (SSSR count). The van der Waals surface area contributed by atoms with Crippen molar-refractivity contribution in [2.45, 2.75) is 6.54 Å². The number of imidazole rings is 1. The van der Waals surface area contributed by atoms with Crippen molar-refractivity contribution in [3.63, 3.8) is 0 Å². The van der Waals surface area contributed by atoms with Crippen molar-refractivity contribution in [3.8, 4) is 11.5 Å². The highest BCUT2D eigenvalue weighted by molar-refractivity contribution is 5.84. The van der Waals surface area contributed by atoms with Crippen molar-refractivity contribution >= 4 is 28.6 Å². The maximum atomic E-state index is 5.20. The number of methoxy groups -OCH3 is 2. The molecular weight excluding hydrogens is 356 g/mol. The number of nitrogens with one attached hydrogen (secondary N) is 3. The number of fused-ring (bicyclic) bond motifs is 1. The zero-order valence-corrected chi connectivity index (χ0v) is 15.6. The normalized spacial score (nSPS) is 10.6. The maximum Gasteiger partial charge on any atom is 0.231 e. The number of ether oxygens (including phenoxy) is 2. The molecular formula is C20H20N6O2. The molecule has 142 valence electrons. The molecule has 0 saturated heterocycles. The van der Waals surface area contributed by atoms with Crippen LogP contribution in [0.4, 0.5) is 17.5 Å². The van der Waals surface area contributed by atoms with Crippen LogP contribution in [-0.4, -0.2) is 34.2 Å². The van der Waals surface area contributed by atoms with Gasteiger partial charge in [0.1, 0.15) is 17.0 Å². The molecule has 0 saturated carbocycles. The number of anilines is 3. The van der Waals surface area contributed by atoms with Crippen molar-refractivity contribution in [1.29, 1.82) is 0 Å². The van der Waals surface area contributed by atoms with E-state index in [2.05, 4.69) is 30.6 Å². The van der Waals surface area contributed by atoms with Crippen molar-refractivity contribution in [1.82, 2.24) is 19.9 Å². The predicted octanol–water partition coefficient (Wildman–Crippen LogP) is 3.73. The van der Waals surface area contributed by atoms with Gasteiger partial charge in [-0.1, -0.05) is 12.1 Å². The number of hydrogen-bond donors (Lipinski definition) is 3. The standard InChI is InChI=1S/C20H20N6O2/c1-27-15-7-3-13(4-8-15)11-21-18-17-19(23-12-22-17)26-20(25-18)24-14-5-9-16(28-2)10-6-14/h3-10,12H,11H2,1-2H3,(H3,21,22,23,24,25,26). The van der Waals surface area contributed by atoms with Crippen LogP contribution in [0, 0.1) is 0 Å². The Morgan fingerprint density at radius 1 is 0.893 bits per heavy atom. The van der Waals surface area contributed by atoms with Gasteiger partial charge in [0.15, 0.2) is 11.5 Å².